The predicted octanol–water partition coefficient (Wildman–Crippen LogP) is 3.61. The van der Waals surface area contributed by atoms with E-state index in [9.17, 15) is 4.79 Å². The SMILES string of the molecule is CN(C)c1ccc(/C=C/C=C2\CCC=CC2=O)cc1. The van der Waals surface area contributed by atoms with Crippen LogP contribution in [0.1, 0.15) is 18.4 Å². The smallest absolute Gasteiger partial charge is 0.181 e. The average molecular weight is 253 g/mol. The van der Waals surface area contributed by atoms with E-state index in [4.69, 9.17) is 0 Å². The second-order valence-electron chi connectivity index (χ2n) is 4.84. The third kappa shape index (κ3) is 3.68. The van der Waals surface area contributed by atoms with Gasteiger partial charge in [-0.25, -0.2) is 0 Å². The van der Waals surface area contributed by atoms with Gasteiger partial charge in [-0.1, -0.05) is 36.4 Å². The van der Waals surface area contributed by atoms with Gasteiger partial charge in [-0.15, -0.1) is 0 Å². The maximum absolute atomic E-state index is 11.6. The fraction of sp³-hybridized carbons (Fsp3) is 0.235. The van der Waals surface area contributed by atoms with E-state index in [-0.39, 0.29) is 5.78 Å². The summed E-state index contributed by atoms with van der Waals surface area (Å²) in [5.74, 6) is 0.138. The Morgan fingerprint density at radius 3 is 2.53 bits per heavy atom. The molecule has 0 saturated carbocycles. The van der Waals surface area contributed by atoms with Crippen LogP contribution in [0.5, 0.6) is 0 Å². The number of allylic oxidation sites excluding steroid dienone is 5. The van der Waals surface area contributed by atoms with Crippen LogP contribution < -0.4 is 4.90 Å². The van der Waals surface area contributed by atoms with Crippen LogP contribution in [0.4, 0.5) is 5.69 Å². The number of rotatable bonds is 3. The molecule has 0 N–H and O–H groups in total. The lowest BCUT2D eigenvalue weighted by Gasteiger charge is -2.11. The first-order chi connectivity index (χ1) is 9.16. The number of nitrogens with zero attached hydrogens (tertiary/aromatic N) is 1. The second kappa shape index (κ2) is 6.19. The minimum absolute atomic E-state index is 0.138. The topological polar surface area (TPSA) is 20.3 Å². The monoisotopic (exact) mass is 253 g/mol. The number of carbonyl (C=O) groups excluding carboxylic acids is 1. The van der Waals surface area contributed by atoms with Gasteiger partial charge in [-0.2, -0.15) is 0 Å². The van der Waals surface area contributed by atoms with Gasteiger partial charge in [0.2, 0.25) is 0 Å². The summed E-state index contributed by atoms with van der Waals surface area (Å²) in [5.41, 5.74) is 3.22. The van der Waals surface area contributed by atoms with E-state index in [0.717, 1.165) is 24.0 Å². The molecule has 1 aliphatic carbocycles. The summed E-state index contributed by atoms with van der Waals surface area (Å²) in [4.78, 5) is 13.6. The Bertz CT molecular complexity index is 533. The lowest BCUT2D eigenvalue weighted by molar-refractivity contribution is -0.111. The highest BCUT2D eigenvalue weighted by molar-refractivity contribution is 6.04. The summed E-state index contributed by atoms with van der Waals surface area (Å²) in [6.45, 7) is 0. The Balaban J connectivity index is 2.04. The van der Waals surface area contributed by atoms with Gasteiger partial charge in [-0.05, 0) is 42.2 Å². The van der Waals surface area contributed by atoms with Crippen molar-refractivity contribution in [3.05, 3.63) is 59.7 Å². The van der Waals surface area contributed by atoms with Gasteiger partial charge in [0.25, 0.3) is 0 Å². The molecule has 19 heavy (non-hydrogen) atoms. The van der Waals surface area contributed by atoms with E-state index in [1.54, 1.807) is 6.08 Å². The molecular formula is C17H19NO. The molecule has 98 valence electrons. The maximum atomic E-state index is 11.6. The molecule has 1 aromatic carbocycles. The second-order valence-corrected chi connectivity index (χ2v) is 4.84. The van der Waals surface area contributed by atoms with Crippen LogP contribution in [-0.2, 0) is 4.79 Å². The summed E-state index contributed by atoms with van der Waals surface area (Å²) in [6, 6.07) is 8.32. The molecule has 0 spiro atoms. The first kappa shape index (κ1) is 13.3. The van der Waals surface area contributed by atoms with Gasteiger partial charge in [0.05, 0.1) is 0 Å². The van der Waals surface area contributed by atoms with E-state index in [2.05, 4.69) is 29.2 Å². The fourth-order valence-electron chi connectivity index (χ4n) is 1.98. The Morgan fingerprint density at radius 2 is 1.89 bits per heavy atom. The van der Waals surface area contributed by atoms with Gasteiger partial charge in [0.15, 0.2) is 5.78 Å². The zero-order valence-electron chi connectivity index (χ0n) is 11.5. The molecule has 0 saturated heterocycles. The molecule has 2 nitrogen and oxygen atoms in total. The lowest BCUT2D eigenvalue weighted by atomic mass is 9.99. The lowest BCUT2D eigenvalue weighted by Crippen LogP contribution is -2.07. The summed E-state index contributed by atoms with van der Waals surface area (Å²) >= 11 is 0. The van der Waals surface area contributed by atoms with Crippen LogP contribution in [0, 0.1) is 0 Å². The standard InChI is InChI=1S/C17H19NO/c1-18(2)16-12-10-14(11-13-16)6-5-8-15-7-3-4-9-17(15)19/h4-6,8-13H,3,7H2,1-2H3/b6-5+,15-8+. The molecule has 0 radical (unpaired) electrons. The Kier molecular flexibility index (Phi) is 4.35. The number of ketones is 1. The van der Waals surface area contributed by atoms with E-state index in [1.165, 1.54) is 5.69 Å². The van der Waals surface area contributed by atoms with Crippen LogP contribution >= 0.6 is 0 Å². The summed E-state index contributed by atoms with van der Waals surface area (Å²) in [6.07, 6.45) is 11.3. The van der Waals surface area contributed by atoms with Crippen LogP contribution in [0.3, 0.4) is 0 Å². The Morgan fingerprint density at radius 1 is 1.16 bits per heavy atom. The molecule has 0 bridgehead atoms. The van der Waals surface area contributed by atoms with E-state index < -0.39 is 0 Å². The molecule has 0 amide bonds. The van der Waals surface area contributed by atoms with Crippen molar-refractivity contribution >= 4 is 17.5 Å². The molecule has 0 atom stereocenters. The third-order valence-corrected chi connectivity index (χ3v) is 3.16. The normalized spacial score (nSPS) is 17.4. The summed E-state index contributed by atoms with van der Waals surface area (Å²) < 4.78 is 0. The molecule has 2 rings (SSSR count). The van der Waals surface area contributed by atoms with Crippen LogP contribution in [0.15, 0.2) is 54.1 Å². The minimum Gasteiger partial charge on any atom is -0.378 e. The van der Waals surface area contributed by atoms with Crippen molar-refractivity contribution in [3.63, 3.8) is 0 Å². The highest BCUT2D eigenvalue weighted by Crippen LogP contribution is 2.15. The first-order valence-electron chi connectivity index (χ1n) is 6.52. The first-order valence-corrected chi connectivity index (χ1v) is 6.52. The zero-order chi connectivity index (χ0) is 13.7. The molecule has 0 aliphatic heterocycles. The molecule has 0 fully saturated rings. The van der Waals surface area contributed by atoms with Crippen molar-refractivity contribution in [2.45, 2.75) is 12.8 Å². The van der Waals surface area contributed by atoms with Crippen LogP contribution in [0.2, 0.25) is 0 Å². The van der Waals surface area contributed by atoms with Crippen molar-refractivity contribution in [1.29, 1.82) is 0 Å². The maximum Gasteiger partial charge on any atom is 0.181 e. The van der Waals surface area contributed by atoms with Crippen molar-refractivity contribution in [2.75, 3.05) is 19.0 Å². The van der Waals surface area contributed by atoms with Gasteiger partial charge in [-0.3, -0.25) is 4.79 Å². The van der Waals surface area contributed by atoms with E-state index in [0.29, 0.717) is 0 Å². The van der Waals surface area contributed by atoms with Crippen molar-refractivity contribution in [3.8, 4) is 0 Å². The molecule has 2 heteroatoms. The molecule has 1 aliphatic rings. The number of hydrogen-bond donors (Lipinski definition) is 0. The molecule has 0 heterocycles. The molecule has 1 aromatic rings. The fourth-order valence-corrected chi connectivity index (χ4v) is 1.98. The van der Waals surface area contributed by atoms with Crippen LogP contribution in [0.25, 0.3) is 6.08 Å². The largest absolute Gasteiger partial charge is 0.378 e. The number of hydrogen-bond acceptors (Lipinski definition) is 2. The zero-order valence-corrected chi connectivity index (χ0v) is 11.5. The van der Waals surface area contributed by atoms with Crippen molar-refractivity contribution in [1.82, 2.24) is 0 Å². The molecule has 0 aromatic heterocycles. The van der Waals surface area contributed by atoms with Gasteiger partial charge in [0, 0.05) is 19.8 Å². The van der Waals surface area contributed by atoms with Gasteiger partial charge < -0.3 is 4.90 Å². The predicted molar refractivity (Wildman–Crippen MR) is 81.3 cm³/mol. The van der Waals surface area contributed by atoms with Crippen molar-refractivity contribution < 1.29 is 4.79 Å². The Hall–Kier alpha value is -2.09. The van der Waals surface area contributed by atoms with Gasteiger partial charge >= 0.3 is 0 Å². The highest BCUT2D eigenvalue weighted by Gasteiger charge is 2.07. The molecule has 0 unspecified atom stereocenters. The average Bonchev–Trinajstić information content (AvgIpc) is 2.41. The van der Waals surface area contributed by atoms with E-state index >= 15 is 0 Å². The van der Waals surface area contributed by atoms with Crippen LogP contribution in [-0.4, -0.2) is 19.9 Å². The molecular weight excluding hydrogens is 234 g/mol. The minimum atomic E-state index is 0.138. The van der Waals surface area contributed by atoms with Gasteiger partial charge in [0.1, 0.15) is 0 Å². The third-order valence-electron chi connectivity index (χ3n) is 3.16. The van der Waals surface area contributed by atoms with Crippen molar-refractivity contribution in [2.24, 2.45) is 0 Å². The quantitative estimate of drug-likeness (QED) is 0.767. The number of benzene rings is 1. The number of carbonyl (C=O) groups is 1. The summed E-state index contributed by atoms with van der Waals surface area (Å²) in [5, 5.41) is 0. The summed E-state index contributed by atoms with van der Waals surface area (Å²) in [7, 11) is 4.05. The number of anilines is 1. The van der Waals surface area contributed by atoms with E-state index in [1.807, 2.05) is 38.4 Å². The Labute approximate surface area is 114 Å². The highest BCUT2D eigenvalue weighted by atomic mass is 16.1.